The van der Waals surface area contributed by atoms with Gasteiger partial charge in [-0.1, -0.05) is 18.2 Å². The van der Waals surface area contributed by atoms with Gasteiger partial charge in [-0.3, -0.25) is 4.55 Å². The van der Waals surface area contributed by atoms with Crippen LogP contribution in [-0.4, -0.2) is 39.1 Å². The molecule has 2 aromatic rings. The van der Waals surface area contributed by atoms with E-state index in [2.05, 4.69) is 37.2 Å². The SMILES string of the molecule is CCN(CC)c1ccc2c(-c3ccccc3S(=O)(=O)O)c3ccc(=[N+](CC)CC)cc-3oc2c1.[Na+]. The van der Waals surface area contributed by atoms with Crippen LogP contribution in [0.3, 0.4) is 0 Å². The van der Waals surface area contributed by atoms with E-state index in [0.29, 0.717) is 16.9 Å². The predicted octanol–water partition coefficient (Wildman–Crippen LogP) is 2.11. The Morgan fingerprint density at radius 1 is 0.886 bits per heavy atom. The second-order valence-corrected chi connectivity index (χ2v) is 9.54. The smallest absolute Gasteiger partial charge is 0.456 e. The number of fused-ring (bicyclic) bond motifs is 2. The molecule has 0 saturated heterocycles. The molecule has 0 saturated carbocycles. The van der Waals surface area contributed by atoms with Gasteiger partial charge in [-0.05, 0) is 52.0 Å². The monoisotopic (exact) mass is 502 g/mol. The van der Waals surface area contributed by atoms with E-state index in [0.717, 1.165) is 53.7 Å². The van der Waals surface area contributed by atoms with Gasteiger partial charge in [0.25, 0.3) is 10.1 Å². The van der Waals surface area contributed by atoms with Crippen LogP contribution in [0.5, 0.6) is 0 Å². The molecule has 0 atom stereocenters. The number of hydrogen-bond acceptors (Lipinski definition) is 4. The van der Waals surface area contributed by atoms with Gasteiger partial charge >= 0.3 is 29.6 Å². The van der Waals surface area contributed by atoms with Crippen molar-refractivity contribution in [1.29, 1.82) is 0 Å². The van der Waals surface area contributed by atoms with Crippen molar-refractivity contribution in [3.8, 4) is 22.5 Å². The number of benzene rings is 3. The fraction of sp³-hybridized carbons (Fsp3) is 0.296. The molecule has 0 spiro atoms. The molecule has 2 aromatic carbocycles. The Labute approximate surface area is 229 Å². The van der Waals surface area contributed by atoms with Crippen LogP contribution in [-0.2, 0) is 10.1 Å². The van der Waals surface area contributed by atoms with Gasteiger partial charge in [0.05, 0.1) is 6.07 Å². The molecule has 1 heterocycles. The third-order valence-corrected chi connectivity index (χ3v) is 7.29. The van der Waals surface area contributed by atoms with E-state index in [1.54, 1.807) is 18.2 Å². The minimum Gasteiger partial charge on any atom is -0.456 e. The average molecular weight is 503 g/mol. The fourth-order valence-corrected chi connectivity index (χ4v) is 5.33. The molecule has 0 amide bonds. The third kappa shape index (κ3) is 5.34. The van der Waals surface area contributed by atoms with Crippen molar-refractivity contribution in [1.82, 2.24) is 4.58 Å². The molecule has 8 heteroatoms. The molecule has 0 fully saturated rings. The number of rotatable bonds is 7. The summed E-state index contributed by atoms with van der Waals surface area (Å²) in [5.41, 5.74) is 3.65. The molecule has 0 unspecified atom stereocenters. The van der Waals surface area contributed by atoms with Crippen molar-refractivity contribution in [3.05, 3.63) is 66.0 Å². The molecule has 1 aliphatic carbocycles. The van der Waals surface area contributed by atoms with Crippen molar-refractivity contribution in [2.45, 2.75) is 32.6 Å². The molecule has 6 nitrogen and oxygen atoms in total. The van der Waals surface area contributed by atoms with E-state index < -0.39 is 10.1 Å². The third-order valence-electron chi connectivity index (χ3n) is 6.38. The quantitative estimate of drug-likeness (QED) is 0.181. The molecule has 4 rings (SSSR count). The Morgan fingerprint density at radius 3 is 2.20 bits per heavy atom. The van der Waals surface area contributed by atoms with Gasteiger partial charge in [0, 0.05) is 53.0 Å². The summed E-state index contributed by atoms with van der Waals surface area (Å²) in [5.74, 6) is 0.661. The van der Waals surface area contributed by atoms with Gasteiger partial charge in [-0.2, -0.15) is 8.42 Å². The molecule has 0 radical (unpaired) electrons. The number of anilines is 1. The van der Waals surface area contributed by atoms with Crippen LogP contribution < -0.4 is 44.4 Å². The molecule has 35 heavy (non-hydrogen) atoms. The van der Waals surface area contributed by atoms with Crippen LogP contribution >= 0.6 is 0 Å². The molecule has 2 aliphatic rings. The molecule has 1 N–H and O–H groups in total. The van der Waals surface area contributed by atoms with Crippen LogP contribution in [0.2, 0.25) is 0 Å². The first kappa shape index (κ1) is 27.4. The second-order valence-electron chi connectivity index (χ2n) is 8.15. The van der Waals surface area contributed by atoms with Gasteiger partial charge in [0.1, 0.15) is 29.3 Å². The summed E-state index contributed by atoms with van der Waals surface area (Å²) in [6.07, 6.45) is 0. The molecule has 1 aliphatic heterocycles. The zero-order valence-corrected chi connectivity index (χ0v) is 23.9. The summed E-state index contributed by atoms with van der Waals surface area (Å²) < 4.78 is 43.2. The van der Waals surface area contributed by atoms with Crippen molar-refractivity contribution >= 4 is 26.8 Å². The van der Waals surface area contributed by atoms with Gasteiger partial charge < -0.3 is 9.32 Å². The molecule has 0 aromatic heterocycles. The Morgan fingerprint density at radius 2 is 1.57 bits per heavy atom. The fourth-order valence-electron chi connectivity index (χ4n) is 4.63. The summed E-state index contributed by atoms with van der Waals surface area (Å²) in [6, 6.07) is 18.6. The first-order chi connectivity index (χ1) is 16.3. The largest absolute Gasteiger partial charge is 1.00 e. The maximum Gasteiger partial charge on any atom is 1.00 e. The van der Waals surface area contributed by atoms with Crippen molar-refractivity contribution < 1.29 is 46.9 Å². The van der Waals surface area contributed by atoms with Crippen LogP contribution in [0.1, 0.15) is 27.7 Å². The predicted molar refractivity (Wildman–Crippen MR) is 138 cm³/mol. The number of hydrogen-bond donors (Lipinski definition) is 1. The summed E-state index contributed by atoms with van der Waals surface area (Å²) in [6.45, 7) is 11.9. The van der Waals surface area contributed by atoms with Crippen molar-refractivity contribution in [2.75, 3.05) is 31.1 Å². The van der Waals surface area contributed by atoms with Gasteiger partial charge in [0.15, 0.2) is 0 Å². The van der Waals surface area contributed by atoms with Crippen molar-refractivity contribution in [3.63, 3.8) is 0 Å². The van der Waals surface area contributed by atoms with Crippen LogP contribution in [0, 0.1) is 0 Å². The standard InChI is InChI=1S/C27H30N2O4S.Na/c1-5-28(6-2)19-13-15-21-24(17-19)33-25-18-20(29(7-3)8-4)14-16-22(25)27(21)23-11-9-10-12-26(23)34(30,31)32;/h9-18H,5-8H2,1-4H3;/q;+1/p+1. The van der Waals surface area contributed by atoms with E-state index >= 15 is 0 Å². The Hall–Kier alpha value is -2.16. The van der Waals surface area contributed by atoms with Gasteiger partial charge in [0.2, 0.25) is 5.36 Å². The summed E-state index contributed by atoms with van der Waals surface area (Å²) in [4.78, 5) is 2.11. The van der Waals surface area contributed by atoms with E-state index in [1.807, 2.05) is 36.4 Å². The van der Waals surface area contributed by atoms with E-state index in [4.69, 9.17) is 4.42 Å². The van der Waals surface area contributed by atoms with Crippen molar-refractivity contribution in [2.24, 2.45) is 0 Å². The van der Waals surface area contributed by atoms with Gasteiger partial charge in [-0.15, -0.1) is 0 Å². The Bertz CT molecular complexity index is 1480. The summed E-state index contributed by atoms with van der Waals surface area (Å²) in [5, 5.41) is 1.82. The van der Waals surface area contributed by atoms with Crippen LogP contribution in [0.15, 0.2) is 70.0 Å². The Balaban J connectivity index is 0.00000342. The second kappa shape index (κ2) is 11.3. The maximum absolute atomic E-state index is 12.3. The van der Waals surface area contributed by atoms with Crippen LogP contribution in [0.4, 0.5) is 5.69 Å². The molecular weight excluding hydrogens is 471 g/mol. The first-order valence-corrected chi connectivity index (χ1v) is 13.2. The summed E-state index contributed by atoms with van der Waals surface area (Å²) in [7, 11) is -4.43. The molecular formula is C27H31N2NaO4S+2. The zero-order chi connectivity index (χ0) is 24.5. The maximum atomic E-state index is 12.3. The Kier molecular flexibility index (Phi) is 8.83. The minimum atomic E-state index is -4.43. The van der Waals surface area contributed by atoms with E-state index in [1.165, 1.54) is 6.07 Å². The van der Waals surface area contributed by atoms with Crippen LogP contribution in [0.25, 0.3) is 33.4 Å². The van der Waals surface area contributed by atoms with Gasteiger partial charge in [-0.25, -0.2) is 4.58 Å². The van der Waals surface area contributed by atoms with E-state index in [-0.39, 0.29) is 34.5 Å². The normalized spacial score (nSPS) is 11.5. The minimum absolute atomic E-state index is 0. The zero-order valence-electron chi connectivity index (χ0n) is 21.1. The topological polar surface area (TPSA) is 73.8 Å². The first-order valence-electron chi connectivity index (χ1n) is 11.7. The van der Waals surface area contributed by atoms with E-state index in [9.17, 15) is 13.0 Å². The number of nitrogens with zero attached hydrogens (tertiary/aromatic N) is 2. The molecule has 0 bridgehead atoms. The molecule has 178 valence electrons. The average Bonchev–Trinajstić information content (AvgIpc) is 2.83. The summed E-state index contributed by atoms with van der Waals surface area (Å²) >= 11 is 0.